The minimum atomic E-state index is 0.0937. The Hall–Kier alpha value is -0.370. The van der Waals surface area contributed by atoms with Crippen LogP contribution in [0, 0.1) is 11.8 Å². The number of carbonyl (C=O) groups excluding carboxylic acids is 1. The molecule has 0 aromatic rings. The van der Waals surface area contributed by atoms with Gasteiger partial charge in [-0.1, -0.05) is 38.5 Å². The van der Waals surface area contributed by atoms with Crippen molar-refractivity contribution in [1.82, 2.24) is 0 Å². The Balaban J connectivity index is 1.56. The van der Waals surface area contributed by atoms with Crippen molar-refractivity contribution in [3.8, 4) is 0 Å². The average molecular weight is 250 g/mol. The Kier molecular flexibility index (Phi) is 3.74. The molecule has 1 atom stereocenters. The third kappa shape index (κ3) is 2.64. The van der Waals surface area contributed by atoms with Crippen LogP contribution in [0.1, 0.15) is 70.6 Å². The molecule has 0 aromatic heterocycles. The van der Waals surface area contributed by atoms with E-state index >= 15 is 0 Å². The molecule has 3 rings (SSSR count). The first-order valence-corrected chi connectivity index (χ1v) is 7.94. The summed E-state index contributed by atoms with van der Waals surface area (Å²) in [5.74, 6) is 1.59. The van der Waals surface area contributed by atoms with Crippen molar-refractivity contribution in [2.45, 2.75) is 76.2 Å². The van der Waals surface area contributed by atoms with Crippen molar-refractivity contribution in [3.05, 3.63) is 0 Å². The van der Waals surface area contributed by atoms with Crippen LogP contribution < -0.4 is 0 Å². The third-order valence-electron chi connectivity index (χ3n) is 5.43. The van der Waals surface area contributed by atoms with Gasteiger partial charge in [-0.2, -0.15) is 0 Å². The van der Waals surface area contributed by atoms with E-state index in [9.17, 15) is 4.79 Å². The van der Waals surface area contributed by atoms with E-state index < -0.39 is 0 Å². The molecule has 0 aromatic carbocycles. The summed E-state index contributed by atoms with van der Waals surface area (Å²) in [6.45, 7) is 0.821. The number of hydrogen-bond donors (Lipinski definition) is 0. The van der Waals surface area contributed by atoms with Crippen molar-refractivity contribution < 1.29 is 9.53 Å². The number of ether oxygens (including phenoxy) is 1. The van der Waals surface area contributed by atoms with Gasteiger partial charge in [0.15, 0.2) is 0 Å². The van der Waals surface area contributed by atoms with E-state index in [4.69, 9.17) is 4.74 Å². The standard InChI is InChI=1S/C16H26O2/c17-15(11-13-5-4-6-13)14-7-10-18-16(12-14)8-2-1-3-9-16/h13-14H,1-12H2. The van der Waals surface area contributed by atoms with Crippen molar-refractivity contribution >= 4 is 5.78 Å². The molecule has 0 radical (unpaired) electrons. The van der Waals surface area contributed by atoms with Crippen LogP contribution in [0.4, 0.5) is 0 Å². The first kappa shape index (κ1) is 12.7. The summed E-state index contributed by atoms with van der Waals surface area (Å²) in [7, 11) is 0. The summed E-state index contributed by atoms with van der Waals surface area (Å²) in [4.78, 5) is 12.4. The van der Waals surface area contributed by atoms with Gasteiger partial charge in [0.1, 0.15) is 5.78 Å². The average Bonchev–Trinajstić information content (AvgIpc) is 2.34. The van der Waals surface area contributed by atoms with Crippen LogP contribution >= 0.6 is 0 Å². The van der Waals surface area contributed by atoms with E-state index in [1.54, 1.807) is 0 Å². The zero-order valence-corrected chi connectivity index (χ0v) is 11.5. The van der Waals surface area contributed by atoms with Crippen LogP contribution in [0.3, 0.4) is 0 Å². The van der Waals surface area contributed by atoms with Gasteiger partial charge in [0.25, 0.3) is 0 Å². The third-order valence-corrected chi connectivity index (χ3v) is 5.43. The number of ketones is 1. The van der Waals surface area contributed by atoms with E-state index in [1.165, 1.54) is 51.4 Å². The molecule has 3 fully saturated rings. The molecule has 18 heavy (non-hydrogen) atoms. The van der Waals surface area contributed by atoms with Gasteiger partial charge in [0, 0.05) is 18.9 Å². The van der Waals surface area contributed by atoms with Gasteiger partial charge >= 0.3 is 0 Å². The van der Waals surface area contributed by atoms with E-state index in [1.807, 2.05) is 0 Å². The van der Waals surface area contributed by atoms with Crippen LogP contribution in [0.25, 0.3) is 0 Å². The van der Waals surface area contributed by atoms with E-state index in [2.05, 4.69) is 0 Å². The highest BCUT2D eigenvalue weighted by molar-refractivity contribution is 5.81. The molecule has 0 amide bonds. The second-order valence-electron chi connectivity index (χ2n) is 6.75. The highest BCUT2D eigenvalue weighted by atomic mass is 16.5. The highest BCUT2D eigenvalue weighted by Gasteiger charge is 2.40. The van der Waals surface area contributed by atoms with Crippen LogP contribution in [0.2, 0.25) is 0 Å². The lowest BCUT2D eigenvalue weighted by Crippen LogP contribution is -2.43. The molecule has 102 valence electrons. The second kappa shape index (κ2) is 5.32. The largest absolute Gasteiger partial charge is 0.375 e. The van der Waals surface area contributed by atoms with Crippen LogP contribution in [0.15, 0.2) is 0 Å². The molecule has 1 saturated heterocycles. The molecule has 2 nitrogen and oxygen atoms in total. The SMILES string of the molecule is O=C(CC1CCC1)C1CCOC2(CCCCC2)C1. The molecule has 2 saturated carbocycles. The molecular formula is C16H26O2. The zero-order valence-electron chi connectivity index (χ0n) is 11.5. The van der Waals surface area contributed by atoms with Crippen molar-refractivity contribution in [2.75, 3.05) is 6.61 Å². The summed E-state index contributed by atoms with van der Waals surface area (Å²) in [6, 6.07) is 0. The van der Waals surface area contributed by atoms with Crippen molar-refractivity contribution in [1.29, 1.82) is 0 Å². The zero-order chi connectivity index (χ0) is 12.4. The number of hydrogen-bond acceptors (Lipinski definition) is 2. The fraction of sp³-hybridized carbons (Fsp3) is 0.938. The van der Waals surface area contributed by atoms with Crippen molar-refractivity contribution in [3.63, 3.8) is 0 Å². The van der Waals surface area contributed by atoms with Crippen LogP contribution in [-0.2, 0) is 9.53 Å². The Morgan fingerprint density at radius 1 is 1.06 bits per heavy atom. The monoisotopic (exact) mass is 250 g/mol. The van der Waals surface area contributed by atoms with Gasteiger partial charge in [-0.05, 0) is 31.6 Å². The number of Topliss-reactive ketones (excluding diaryl/α,β-unsaturated/α-hetero) is 1. The predicted octanol–water partition coefficient (Wildman–Crippen LogP) is 3.88. The van der Waals surface area contributed by atoms with E-state index in [0.717, 1.165) is 31.8 Å². The minimum Gasteiger partial charge on any atom is -0.375 e. The van der Waals surface area contributed by atoms with Gasteiger partial charge in [0.05, 0.1) is 5.60 Å². The maximum Gasteiger partial charge on any atom is 0.136 e. The van der Waals surface area contributed by atoms with Gasteiger partial charge < -0.3 is 4.74 Å². The molecule has 1 heterocycles. The van der Waals surface area contributed by atoms with Crippen LogP contribution in [-0.4, -0.2) is 18.0 Å². The lowest BCUT2D eigenvalue weighted by atomic mass is 9.72. The number of rotatable bonds is 3. The molecule has 2 heteroatoms. The van der Waals surface area contributed by atoms with E-state index in [0.29, 0.717) is 11.7 Å². The van der Waals surface area contributed by atoms with Crippen molar-refractivity contribution in [2.24, 2.45) is 11.8 Å². The quantitative estimate of drug-likeness (QED) is 0.760. The summed E-state index contributed by atoms with van der Waals surface area (Å²) >= 11 is 0. The summed E-state index contributed by atoms with van der Waals surface area (Å²) in [5, 5.41) is 0. The fourth-order valence-electron chi connectivity index (χ4n) is 4.00. The topological polar surface area (TPSA) is 26.3 Å². The smallest absolute Gasteiger partial charge is 0.136 e. The lowest BCUT2D eigenvalue weighted by molar-refractivity contribution is -0.144. The van der Waals surface area contributed by atoms with Gasteiger partial charge in [0.2, 0.25) is 0 Å². The van der Waals surface area contributed by atoms with Gasteiger partial charge in [-0.25, -0.2) is 0 Å². The lowest BCUT2D eigenvalue weighted by Gasteiger charge is -2.43. The summed E-state index contributed by atoms with van der Waals surface area (Å²) < 4.78 is 6.08. The molecular weight excluding hydrogens is 224 g/mol. The Morgan fingerprint density at radius 2 is 1.83 bits per heavy atom. The highest BCUT2D eigenvalue weighted by Crippen LogP contribution is 2.42. The number of carbonyl (C=O) groups is 1. The molecule has 1 unspecified atom stereocenters. The summed E-state index contributed by atoms with van der Waals surface area (Å²) in [5.41, 5.74) is 0.0937. The van der Waals surface area contributed by atoms with Gasteiger partial charge in [-0.3, -0.25) is 4.79 Å². The first-order chi connectivity index (χ1) is 8.77. The molecule has 1 aliphatic heterocycles. The second-order valence-corrected chi connectivity index (χ2v) is 6.75. The maximum atomic E-state index is 12.4. The van der Waals surface area contributed by atoms with E-state index in [-0.39, 0.29) is 5.60 Å². The Labute approximate surface area is 110 Å². The molecule has 0 N–H and O–H groups in total. The summed E-state index contributed by atoms with van der Waals surface area (Å²) in [6.07, 6.45) is 13.1. The van der Waals surface area contributed by atoms with Gasteiger partial charge in [-0.15, -0.1) is 0 Å². The molecule has 2 aliphatic carbocycles. The minimum absolute atomic E-state index is 0.0937. The molecule has 0 bridgehead atoms. The molecule has 3 aliphatic rings. The molecule has 1 spiro atoms. The fourth-order valence-corrected chi connectivity index (χ4v) is 4.00. The Bertz CT molecular complexity index is 295. The normalized spacial score (nSPS) is 32.1. The van der Waals surface area contributed by atoms with Crippen LogP contribution in [0.5, 0.6) is 0 Å². The first-order valence-electron chi connectivity index (χ1n) is 7.94. The maximum absolute atomic E-state index is 12.4. The Morgan fingerprint density at radius 3 is 2.50 bits per heavy atom. The predicted molar refractivity (Wildman–Crippen MR) is 71.5 cm³/mol.